The van der Waals surface area contributed by atoms with Crippen molar-refractivity contribution in [2.75, 3.05) is 0 Å². The molecule has 0 amide bonds. The molecule has 0 unspecified atom stereocenters. The number of hydrogen-bond acceptors (Lipinski definition) is 3. The molecule has 33 heavy (non-hydrogen) atoms. The molecule has 0 fully saturated rings. The van der Waals surface area contributed by atoms with E-state index in [-0.39, 0.29) is 20.1 Å². The maximum atomic E-state index is 4.47. The van der Waals surface area contributed by atoms with Crippen molar-refractivity contribution in [3.8, 4) is 33.8 Å². The van der Waals surface area contributed by atoms with Gasteiger partial charge in [0.2, 0.25) is 0 Å². The summed E-state index contributed by atoms with van der Waals surface area (Å²) in [7, 11) is 0. The summed E-state index contributed by atoms with van der Waals surface area (Å²) < 4.78 is 0. The van der Waals surface area contributed by atoms with Crippen LogP contribution in [0, 0.1) is 26.0 Å². The minimum Gasteiger partial charge on any atom is -0.302 e. The van der Waals surface area contributed by atoms with Crippen LogP contribution in [0.15, 0.2) is 103 Å². The van der Waals surface area contributed by atoms with E-state index < -0.39 is 0 Å². The summed E-state index contributed by atoms with van der Waals surface area (Å²) in [6.07, 6.45) is 3.48. The quantitative estimate of drug-likeness (QED) is 0.213. The first-order valence-electron chi connectivity index (χ1n) is 10.5. The van der Waals surface area contributed by atoms with Crippen molar-refractivity contribution in [3.63, 3.8) is 0 Å². The third-order valence-corrected chi connectivity index (χ3v) is 4.80. The first kappa shape index (κ1) is 24.2. The number of benzene rings is 3. The van der Waals surface area contributed by atoms with Crippen molar-refractivity contribution in [1.82, 2.24) is 15.0 Å². The first-order chi connectivity index (χ1) is 15.7. The fourth-order valence-corrected chi connectivity index (χ4v) is 3.38. The van der Waals surface area contributed by atoms with Crippen LogP contribution >= 0.6 is 0 Å². The monoisotopic (exact) mass is 606 g/mol. The van der Waals surface area contributed by atoms with Crippen LogP contribution in [0.4, 0.5) is 0 Å². The second kappa shape index (κ2) is 12.0. The van der Waals surface area contributed by atoms with Gasteiger partial charge >= 0.3 is 0 Å². The van der Waals surface area contributed by atoms with Gasteiger partial charge in [0.05, 0.1) is 5.82 Å². The Kier molecular flexibility index (Phi) is 8.77. The van der Waals surface area contributed by atoms with Crippen molar-refractivity contribution in [3.05, 3.63) is 127 Å². The van der Waals surface area contributed by atoms with Gasteiger partial charge in [-0.1, -0.05) is 42.0 Å². The van der Waals surface area contributed by atoms with Gasteiger partial charge in [0.15, 0.2) is 0 Å². The zero-order valence-electron chi connectivity index (χ0n) is 18.5. The summed E-state index contributed by atoms with van der Waals surface area (Å²) in [5.41, 5.74) is 7.60. The van der Waals surface area contributed by atoms with Crippen molar-refractivity contribution < 1.29 is 20.1 Å². The molecule has 0 aliphatic carbocycles. The molecule has 0 N–H and O–H groups in total. The summed E-state index contributed by atoms with van der Waals surface area (Å²) in [4.78, 5) is 13.0. The fourth-order valence-electron chi connectivity index (χ4n) is 3.38. The SMILES string of the molecule is Cc1cc(C)nc(-c2[c-]cccc2)c1.[Ir].[c-]1ccc(-c2ccccc2)cc1-c1ncccn1. The maximum absolute atomic E-state index is 4.47. The van der Waals surface area contributed by atoms with Crippen LogP contribution in [-0.4, -0.2) is 15.0 Å². The Morgan fingerprint density at radius 2 is 1.36 bits per heavy atom. The van der Waals surface area contributed by atoms with E-state index in [1.54, 1.807) is 12.4 Å². The van der Waals surface area contributed by atoms with Gasteiger partial charge < -0.3 is 4.98 Å². The molecule has 0 aliphatic heterocycles. The molecule has 0 saturated heterocycles. The Labute approximate surface area is 209 Å². The van der Waals surface area contributed by atoms with Gasteiger partial charge in [-0.05, 0) is 37.2 Å². The average Bonchev–Trinajstić information content (AvgIpc) is 2.86. The molecular formula is C29H23IrN3-2. The van der Waals surface area contributed by atoms with Gasteiger partial charge in [0.1, 0.15) is 0 Å². The molecule has 3 aromatic carbocycles. The van der Waals surface area contributed by atoms with Crippen molar-refractivity contribution in [2.45, 2.75) is 13.8 Å². The van der Waals surface area contributed by atoms with E-state index in [1.165, 1.54) is 11.1 Å². The average molecular weight is 606 g/mol. The molecule has 0 bridgehead atoms. The number of nitrogens with zero attached hydrogens (tertiary/aromatic N) is 3. The molecule has 1 radical (unpaired) electrons. The van der Waals surface area contributed by atoms with Crippen molar-refractivity contribution in [1.29, 1.82) is 0 Å². The predicted molar refractivity (Wildman–Crippen MR) is 130 cm³/mol. The van der Waals surface area contributed by atoms with E-state index in [1.807, 2.05) is 67.6 Å². The Bertz CT molecular complexity index is 1200. The van der Waals surface area contributed by atoms with Crippen LogP contribution < -0.4 is 0 Å². The zero-order valence-corrected chi connectivity index (χ0v) is 20.9. The predicted octanol–water partition coefficient (Wildman–Crippen LogP) is 6.77. The normalized spacial score (nSPS) is 9.88. The summed E-state index contributed by atoms with van der Waals surface area (Å²) in [5, 5.41) is 0. The molecule has 0 saturated carbocycles. The second-order valence-electron chi connectivity index (χ2n) is 7.38. The zero-order chi connectivity index (χ0) is 22.2. The largest absolute Gasteiger partial charge is 0.302 e. The second-order valence-corrected chi connectivity index (χ2v) is 7.38. The third-order valence-electron chi connectivity index (χ3n) is 4.80. The summed E-state index contributed by atoms with van der Waals surface area (Å²) in [6.45, 7) is 4.10. The third kappa shape index (κ3) is 6.76. The van der Waals surface area contributed by atoms with Crippen LogP contribution in [0.3, 0.4) is 0 Å². The molecular weight excluding hydrogens is 583 g/mol. The summed E-state index contributed by atoms with van der Waals surface area (Å²) in [5.74, 6) is 0.704. The van der Waals surface area contributed by atoms with Gasteiger partial charge in [-0.3, -0.25) is 9.97 Å². The molecule has 2 heterocycles. The Balaban J connectivity index is 0.000000186. The van der Waals surface area contributed by atoms with E-state index in [4.69, 9.17) is 0 Å². The Morgan fingerprint density at radius 3 is 2.06 bits per heavy atom. The minimum atomic E-state index is 0. The van der Waals surface area contributed by atoms with Crippen LogP contribution in [0.2, 0.25) is 0 Å². The molecule has 0 aliphatic rings. The number of pyridine rings is 1. The van der Waals surface area contributed by atoms with Crippen LogP contribution in [-0.2, 0) is 20.1 Å². The maximum Gasteiger partial charge on any atom is 0.0748 e. The molecule has 5 aromatic rings. The Hall–Kier alpha value is -3.46. The molecule has 3 nitrogen and oxygen atoms in total. The molecule has 0 spiro atoms. The molecule has 165 valence electrons. The van der Waals surface area contributed by atoms with Crippen LogP contribution in [0.1, 0.15) is 11.3 Å². The van der Waals surface area contributed by atoms with E-state index in [2.05, 4.69) is 64.3 Å². The van der Waals surface area contributed by atoms with E-state index in [0.29, 0.717) is 5.82 Å². The number of rotatable bonds is 3. The topological polar surface area (TPSA) is 38.7 Å². The van der Waals surface area contributed by atoms with Gasteiger partial charge in [0.25, 0.3) is 0 Å². The summed E-state index contributed by atoms with van der Waals surface area (Å²) in [6, 6.07) is 36.5. The molecule has 2 aromatic heterocycles. The smallest absolute Gasteiger partial charge is 0.0748 e. The molecule has 5 rings (SSSR count). The number of aryl methyl sites for hydroxylation is 2. The summed E-state index contributed by atoms with van der Waals surface area (Å²) >= 11 is 0. The van der Waals surface area contributed by atoms with E-state index >= 15 is 0 Å². The van der Waals surface area contributed by atoms with E-state index in [0.717, 1.165) is 28.1 Å². The molecule has 4 heteroatoms. The van der Waals surface area contributed by atoms with Crippen LogP contribution in [0.25, 0.3) is 33.8 Å². The van der Waals surface area contributed by atoms with Gasteiger partial charge in [-0.2, -0.15) is 0 Å². The Morgan fingerprint density at radius 1 is 0.636 bits per heavy atom. The number of aromatic nitrogens is 3. The first-order valence-corrected chi connectivity index (χ1v) is 10.5. The standard InChI is InChI=1S/C16H11N2.C13H12N.Ir/c1-2-6-13(7-3-1)14-8-4-9-15(12-14)16-17-10-5-11-18-16;1-10-8-11(2)14-13(9-10)12-6-4-3-5-7-12;/h1-8,10-12H;3-6,8-9H,1-2H3;/q2*-1;. The fraction of sp³-hybridized carbons (Fsp3) is 0.0690. The van der Waals surface area contributed by atoms with E-state index in [9.17, 15) is 0 Å². The minimum absolute atomic E-state index is 0. The number of hydrogen-bond donors (Lipinski definition) is 0. The van der Waals surface area contributed by atoms with Crippen molar-refractivity contribution in [2.24, 2.45) is 0 Å². The van der Waals surface area contributed by atoms with Gasteiger partial charge in [-0.15, -0.1) is 71.3 Å². The van der Waals surface area contributed by atoms with Gasteiger partial charge in [-0.25, -0.2) is 0 Å². The molecule has 0 atom stereocenters. The van der Waals surface area contributed by atoms with Crippen molar-refractivity contribution >= 4 is 0 Å². The van der Waals surface area contributed by atoms with Crippen LogP contribution in [0.5, 0.6) is 0 Å². The van der Waals surface area contributed by atoms with Gasteiger partial charge in [0, 0.05) is 38.2 Å².